The SMILES string of the molecule is CCCC[C@H]1CC[C@H](c2ccc(CCC(F)(F)F)cc2)CC1. The van der Waals surface area contributed by atoms with E-state index < -0.39 is 12.6 Å². The van der Waals surface area contributed by atoms with Gasteiger partial charge in [0.1, 0.15) is 0 Å². The average Bonchev–Trinajstić information content (AvgIpc) is 2.51. The number of alkyl halides is 3. The van der Waals surface area contributed by atoms with Gasteiger partial charge < -0.3 is 0 Å². The molecule has 1 aliphatic rings. The lowest BCUT2D eigenvalue weighted by atomic mass is 9.77. The Hall–Kier alpha value is -0.990. The van der Waals surface area contributed by atoms with Gasteiger partial charge in [-0.3, -0.25) is 0 Å². The Kier molecular flexibility index (Phi) is 6.34. The zero-order valence-electron chi connectivity index (χ0n) is 13.5. The Morgan fingerprint density at radius 1 is 1.00 bits per heavy atom. The van der Waals surface area contributed by atoms with E-state index in [1.807, 2.05) is 24.3 Å². The van der Waals surface area contributed by atoms with Crippen molar-refractivity contribution in [2.24, 2.45) is 5.92 Å². The molecular weight excluding hydrogens is 285 g/mol. The molecule has 1 aliphatic carbocycles. The highest BCUT2D eigenvalue weighted by molar-refractivity contribution is 5.26. The van der Waals surface area contributed by atoms with E-state index in [-0.39, 0.29) is 6.42 Å². The normalized spacial score (nSPS) is 22.7. The van der Waals surface area contributed by atoms with Crippen molar-refractivity contribution in [1.29, 1.82) is 0 Å². The van der Waals surface area contributed by atoms with Crippen LogP contribution in [-0.4, -0.2) is 6.18 Å². The number of unbranched alkanes of at least 4 members (excludes halogenated alkanes) is 1. The van der Waals surface area contributed by atoms with Gasteiger partial charge in [-0.25, -0.2) is 0 Å². The Morgan fingerprint density at radius 3 is 2.18 bits per heavy atom. The van der Waals surface area contributed by atoms with E-state index in [1.54, 1.807) is 0 Å². The lowest BCUT2D eigenvalue weighted by Crippen LogP contribution is -2.13. The van der Waals surface area contributed by atoms with Crippen molar-refractivity contribution in [3.63, 3.8) is 0 Å². The summed E-state index contributed by atoms with van der Waals surface area (Å²) in [6, 6.07) is 7.85. The second-order valence-corrected chi connectivity index (χ2v) is 6.72. The smallest absolute Gasteiger partial charge is 0.171 e. The maximum atomic E-state index is 12.2. The summed E-state index contributed by atoms with van der Waals surface area (Å²) in [7, 11) is 0. The molecule has 1 saturated carbocycles. The quantitative estimate of drug-likeness (QED) is 0.552. The summed E-state index contributed by atoms with van der Waals surface area (Å²) in [5, 5.41) is 0. The third-order valence-electron chi connectivity index (χ3n) is 4.96. The van der Waals surface area contributed by atoms with E-state index in [4.69, 9.17) is 0 Å². The molecule has 0 amide bonds. The van der Waals surface area contributed by atoms with Gasteiger partial charge in [0, 0.05) is 6.42 Å². The number of aryl methyl sites for hydroxylation is 1. The maximum Gasteiger partial charge on any atom is 0.389 e. The molecule has 22 heavy (non-hydrogen) atoms. The Labute approximate surface area is 132 Å². The molecule has 2 rings (SSSR count). The third kappa shape index (κ3) is 5.66. The first-order valence-electron chi connectivity index (χ1n) is 8.63. The molecule has 0 atom stereocenters. The first-order chi connectivity index (χ1) is 10.5. The molecule has 0 saturated heterocycles. The van der Waals surface area contributed by atoms with Crippen molar-refractivity contribution >= 4 is 0 Å². The lowest BCUT2D eigenvalue weighted by Gasteiger charge is -2.29. The maximum absolute atomic E-state index is 12.2. The summed E-state index contributed by atoms with van der Waals surface area (Å²) in [6.45, 7) is 2.24. The van der Waals surface area contributed by atoms with Crippen LogP contribution in [0.4, 0.5) is 13.2 Å². The summed E-state index contributed by atoms with van der Waals surface area (Å²) < 4.78 is 36.7. The molecule has 0 radical (unpaired) electrons. The molecule has 0 nitrogen and oxygen atoms in total. The van der Waals surface area contributed by atoms with Crippen LogP contribution in [0.3, 0.4) is 0 Å². The van der Waals surface area contributed by atoms with E-state index in [0.29, 0.717) is 5.92 Å². The fourth-order valence-corrected chi connectivity index (χ4v) is 3.52. The van der Waals surface area contributed by atoms with Crippen molar-refractivity contribution in [1.82, 2.24) is 0 Å². The zero-order valence-corrected chi connectivity index (χ0v) is 13.5. The molecule has 0 aromatic heterocycles. The van der Waals surface area contributed by atoms with Gasteiger partial charge >= 0.3 is 6.18 Å². The van der Waals surface area contributed by atoms with Crippen LogP contribution in [0, 0.1) is 5.92 Å². The molecule has 3 heteroatoms. The van der Waals surface area contributed by atoms with E-state index >= 15 is 0 Å². The van der Waals surface area contributed by atoms with Crippen molar-refractivity contribution in [3.05, 3.63) is 35.4 Å². The Morgan fingerprint density at radius 2 is 1.64 bits per heavy atom. The summed E-state index contributed by atoms with van der Waals surface area (Å²) >= 11 is 0. The molecule has 0 unspecified atom stereocenters. The van der Waals surface area contributed by atoms with Gasteiger partial charge in [0.05, 0.1) is 0 Å². The Balaban J connectivity index is 1.81. The van der Waals surface area contributed by atoms with Crippen LogP contribution in [0.25, 0.3) is 0 Å². The number of rotatable bonds is 6. The molecule has 0 N–H and O–H groups in total. The van der Waals surface area contributed by atoms with Gasteiger partial charge in [0.15, 0.2) is 0 Å². The molecule has 0 spiro atoms. The highest BCUT2D eigenvalue weighted by Gasteiger charge is 2.26. The largest absolute Gasteiger partial charge is 0.389 e. The van der Waals surface area contributed by atoms with Crippen molar-refractivity contribution in [3.8, 4) is 0 Å². The number of halogens is 3. The molecule has 1 aromatic carbocycles. The van der Waals surface area contributed by atoms with Crippen molar-refractivity contribution in [2.75, 3.05) is 0 Å². The molecule has 1 fully saturated rings. The van der Waals surface area contributed by atoms with Crippen LogP contribution < -0.4 is 0 Å². The highest BCUT2D eigenvalue weighted by atomic mass is 19.4. The predicted molar refractivity (Wildman–Crippen MR) is 85.0 cm³/mol. The Bertz CT molecular complexity index is 425. The summed E-state index contributed by atoms with van der Waals surface area (Å²) in [5.41, 5.74) is 2.10. The minimum Gasteiger partial charge on any atom is -0.171 e. The van der Waals surface area contributed by atoms with Crippen LogP contribution in [0.1, 0.15) is 75.3 Å². The lowest BCUT2D eigenvalue weighted by molar-refractivity contribution is -0.133. The van der Waals surface area contributed by atoms with Crippen LogP contribution >= 0.6 is 0 Å². The van der Waals surface area contributed by atoms with Crippen LogP contribution in [0.15, 0.2) is 24.3 Å². The van der Waals surface area contributed by atoms with Crippen molar-refractivity contribution < 1.29 is 13.2 Å². The molecule has 0 aliphatic heterocycles. The minimum absolute atomic E-state index is 0.0908. The fraction of sp³-hybridized carbons (Fsp3) is 0.684. The fourth-order valence-electron chi connectivity index (χ4n) is 3.52. The second-order valence-electron chi connectivity index (χ2n) is 6.72. The highest BCUT2D eigenvalue weighted by Crippen LogP contribution is 2.37. The predicted octanol–water partition coefficient (Wildman–Crippen LogP) is 6.65. The van der Waals surface area contributed by atoms with E-state index in [9.17, 15) is 13.2 Å². The first kappa shape index (κ1) is 17.4. The molecule has 124 valence electrons. The van der Waals surface area contributed by atoms with Gasteiger partial charge in [-0.2, -0.15) is 13.2 Å². The van der Waals surface area contributed by atoms with E-state index in [0.717, 1.165) is 11.5 Å². The van der Waals surface area contributed by atoms with Crippen molar-refractivity contribution in [2.45, 2.75) is 76.8 Å². The molecule has 0 bridgehead atoms. The van der Waals surface area contributed by atoms with Crippen LogP contribution in [0.2, 0.25) is 0 Å². The first-order valence-corrected chi connectivity index (χ1v) is 8.63. The van der Waals surface area contributed by atoms with Gasteiger partial charge in [-0.1, -0.05) is 50.5 Å². The van der Waals surface area contributed by atoms with Gasteiger partial charge in [0.25, 0.3) is 0 Å². The van der Waals surface area contributed by atoms with Gasteiger partial charge in [0.2, 0.25) is 0 Å². The van der Waals surface area contributed by atoms with Gasteiger partial charge in [-0.05, 0) is 55.1 Å². The minimum atomic E-state index is -4.06. The molecule has 0 heterocycles. The monoisotopic (exact) mass is 312 g/mol. The van der Waals surface area contributed by atoms with Gasteiger partial charge in [-0.15, -0.1) is 0 Å². The second kappa shape index (κ2) is 8.03. The molecule has 1 aromatic rings. The molecular formula is C19H27F3. The van der Waals surface area contributed by atoms with E-state index in [1.165, 1.54) is 50.5 Å². The summed E-state index contributed by atoms with van der Waals surface area (Å²) in [5.74, 6) is 1.50. The third-order valence-corrected chi connectivity index (χ3v) is 4.96. The average molecular weight is 312 g/mol. The summed E-state index contributed by atoms with van der Waals surface area (Å²) in [6.07, 6.45) is 4.35. The van der Waals surface area contributed by atoms with E-state index in [2.05, 4.69) is 6.92 Å². The van der Waals surface area contributed by atoms with Crippen LogP contribution in [-0.2, 0) is 6.42 Å². The number of benzene rings is 1. The standard InChI is InChI=1S/C19H27F3/c1-2-3-4-15-5-9-17(10-6-15)18-11-7-16(8-12-18)13-14-19(20,21)22/h7-8,11-12,15,17H,2-6,9-10,13-14H2,1H3/t15-,17-. The summed E-state index contributed by atoms with van der Waals surface area (Å²) in [4.78, 5) is 0. The topological polar surface area (TPSA) is 0 Å². The number of hydrogen-bond donors (Lipinski definition) is 0. The van der Waals surface area contributed by atoms with Crippen LogP contribution in [0.5, 0.6) is 0 Å². The number of hydrogen-bond acceptors (Lipinski definition) is 0. The zero-order chi connectivity index (χ0) is 16.0.